The molecule has 2 unspecified atom stereocenters. The Morgan fingerprint density at radius 1 is 1.12 bits per heavy atom. The van der Waals surface area contributed by atoms with Crippen molar-refractivity contribution in [3.8, 4) is 0 Å². The highest BCUT2D eigenvalue weighted by Crippen LogP contribution is 2.37. The average Bonchev–Trinajstić information content (AvgIpc) is 3.47. The molecule has 33 heavy (non-hydrogen) atoms. The van der Waals surface area contributed by atoms with E-state index in [0.29, 0.717) is 30.2 Å². The number of anilines is 3. The first-order chi connectivity index (χ1) is 16.1. The van der Waals surface area contributed by atoms with Crippen molar-refractivity contribution in [1.29, 1.82) is 0 Å². The number of benzene rings is 1. The van der Waals surface area contributed by atoms with Crippen LogP contribution in [-0.4, -0.2) is 81.3 Å². The Morgan fingerprint density at radius 3 is 2.67 bits per heavy atom. The topological polar surface area (TPSA) is 91.6 Å². The van der Waals surface area contributed by atoms with Gasteiger partial charge in [0, 0.05) is 37.8 Å². The van der Waals surface area contributed by atoms with Gasteiger partial charge < -0.3 is 20.1 Å². The maximum Gasteiger partial charge on any atom is 0.227 e. The summed E-state index contributed by atoms with van der Waals surface area (Å²) in [6, 6.07) is 4.61. The van der Waals surface area contributed by atoms with Crippen LogP contribution in [-0.2, 0) is 4.74 Å². The van der Waals surface area contributed by atoms with Crippen LogP contribution >= 0.6 is 11.6 Å². The average molecular weight is 470 g/mol. The zero-order valence-electron chi connectivity index (χ0n) is 18.6. The lowest BCUT2D eigenvalue weighted by Gasteiger charge is -2.39. The summed E-state index contributed by atoms with van der Waals surface area (Å²) in [6.45, 7) is 6.50. The monoisotopic (exact) mass is 469 g/mol. The Morgan fingerprint density at radius 2 is 1.94 bits per heavy atom. The van der Waals surface area contributed by atoms with Crippen LogP contribution in [0.2, 0.25) is 5.02 Å². The van der Waals surface area contributed by atoms with E-state index in [2.05, 4.69) is 36.8 Å². The first kappa shape index (κ1) is 21.1. The van der Waals surface area contributed by atoms with Crippen LogP contribution in [0.1, 0.15) is 24.6 Å². The molecule has 4 heterocycles. The van der Waals surface area contributed by atoms with Crippen LogP contribution in [0.25, 0.3) is 10.9 Å². The van der Waals surface area contributed by atoms with Gasteiger partial charge in [-0.15, -0.1) is 0 Å². The van der Waals surface area contributed by atoms with Crippen molar-refractivity contribution in [2.75, 3.05) is 49.6 Å². The summed E-state index contributed by atoms with van der Waals surface area (Å²) >= 11 is 6.65. The van der Waals surface area contributed by atoms with Crippen LogP contribution in [0.4, 0.5) is 17.3 Å². The van der Waals surface area contributed by atoms with Crippen molar-refractivity contribution in [2.45, 2.75) is 38.0 Å². The number of nitrogens with zero attached hydrogens (tertiary/aromatic N) is 6. The van der Waals surface area contributed by atoms with Gasteiger partial charge in [-0.2, -0.15) is 5.10 Å². The molecule has 2 aromatic heterocycles. The van der Waals surface area contributed by atoms with Gasteiger partial charge in [0.1, 0.15) is 0 Å². The van der Waals surface area contributed by atoms with Gasteiger partial charge in [-0.1, -0.05) is 11.6 Å². The summed E-state index contributed by atoms with van der Waals surface area (Å²) in [7, 11) is 0. The van der Waals surface area contributed by atoms with E-state index >= 15 is 0 Å². The Balaban J connectivity index is 1.20. The molecule has 0 spiro atoms. The smallest absolute Gasteiger partial charge is 0.227 e. The van der Waals surface area contributed by atoms with Crippen LogP contribution in [0.15, 0.2) is 24.5 Å². The van der Waals surface area contributed by atoms with Gasteiger partial charge in [-0.3, -0.25) is 9.58 Å². The van der Waals surface area contributed by atoms with Crippen LogP contribution < -0.4 is 10.2 Å². The summed E-state index contributed by atoms with van der Waals surface area (Å²) in [5.41, 5.74) is 3.87. The van der Waals surface area contributed by atoms with Gasteiger partial charge in [0.05, 0.1) is 65.2 Å². The molecule has 6 rings (SSSR count). The number of piperazine rings is 1. The standard InChI is InChI=1S/C23H28ClN7O2/c1-14-19(11-26-31(14)16-2-3-16)28-23-25-10-15-8-17(24)20(9-18(15)27-23)29-4-6-30(7-5-29)21-12-33-13-22(21)32/h8-11,16,21-22,32H,2-7,12-13H2,1H3,(H,25,27,28). The van der Waals surface area contributed by atoms with E-state index in [1.54, 1.807) is 6.20 Å². The molecule has 0 amide bonds. The van der Waals surface area contributed by atoms with Gasteiger partial charge in [0.15, 0.2) is 0 Å². The van der Waals surface area contributed by atoms with E-state index < -0.39 is 6.10 Å². The summed E-state index contributed by atoms with van der Waals surface area (Å²) in [4.78, 5) is 13.9. The van der Waals surface area contributed by atoms with E-state index in [0.717, 1.165) is 54.2 Å². The zero-order valence-corrected chi connectivity index (χ0v) is 19.4. The third kappa shape index (κ3) is 4.03. The van der Waals surface area contributed by atoms with E-state index in [1.165, 1.54) is 12.8 Å². The number of aromatic nitrogens is 4. The van der Waals surface area contributed by atoms with Crippen molar-refractivity contribution in [3.05, 3.63) is 35.2 Å². The third-order valence-electron chi connectivity index (χ3n) is 6.98. The molecule has 1 saturated carbocycles. The van der Waals surface area contributed by atoms with Gasteiger partial charge >= 0.3 is 0 Å². The molecule has 3 aliphatic rings. The molecular formula is C23H28ClN7O2. The SMILES string of the molecule is Cc1c(Nc2ncc3cc(Cl)c(N4CCN(C5COCC5O)CC4)cc3n2)cnn1C1CC1. The summed E-state index contributed by atoms with van der Waals surface area (Å²) < 4.78 is 7.51. The quantitative estimate of drug-likeness (QED) is 0.589. The fraction of sp³-hybridized carbons (Fsp3) is 0.522. The summed E-state index contributed by atoms with van der Waals surface area (Å²) in [5.74, 6) is 0.550. The van der Waals surface area contributed by atoms with Crippen molar-refractivity contribution < 1.29 is 9.84 Å². The Hall–Kier alpha value is -2.46. The second-order valence-corrected chi connectivity index (χ2v) is 9.60. The molecule has 10 heteroatoms. The molecule has 2 aliphatic heterocycles. The predicted molar refractivity (Wildman–Crippen MR) is 127 cm³/mol. The number of nitrogens with one attached hydrogen (secondary N) is 1. The molecule has 0 bridgehead atoms. The minimum Gasteiger partial charge on any atom is -0.389 e. The normalized spacial score (nSPS) is 24.0. The van der Waals surface area contributed by atoms with Crippen LogP contribution in [0.3, 0.4) is 0 Å². The Kier molecular flexibility index (Phi) is 5.37. The van der Waals surface area contributed by atoms with Gasteiger partial charge in [0.2, 0.25) is 5.95 Å². The highest BCUT2D eigenvalue weighted by molar-refractivity contribution is 6.34. The van der Waals surface area contributed by atoms with Gasteiger partial charge in [-0.25, -0.2) is 9.97 Å². The van der Waals surface area contributed by atoms with Crippen LogP contribution in [0.5, 0.6) is 0 Å². The second kappa shape index (κ2) is 8.39. The molecule has 1 aliphatic carbocycles. The first-order valence-corrected chi connectivity index (χ1v) is 12.0. The van der Waals surface area contributed by atoms with E-state index in [4.69, 9.17) is 21.3 Å². The molecule has 3 aromatic rings. The molecule has 1 aromatic carbocycles. The molecule has 2 saturated heterocycles. The molecule has 2 N–H and O–H groups in total. The van der Waals surface area contributed by atoms with Crippen molar-refractivity contribution >= 4 is 39.8 Å². The maximum absolute atomic E-state index is 10.1. The number of rotatable bonds is 5. The lowest BCUT2D eigenvalue weighted by molar-refractivity contribution is 0.0785. The van der Waals surface area contributed by atoms with Crippen molar-refractivity contribution in [1.82, 2.24) is 24.6 Å². The molecule has 3 fully saturated rings. The minimum atomic E-state index is -0.400. The number of ether oxygens (including phenoxy) is 1. The maximum atomic E-state index is 10.1. The Bertz CT molecular complexity index is 1170. The summed E-state index contributed by atoms with van der Waals surface area (Å²) in [6.07, 6.45) is 5.65. The highest BCUT2D eigenvalue weighted by Gasteiger charge is 2.33. The fourth-order valence-electron chi connectivity index (χ4n) is 4.87. The van der Waals surface area contributed by atoms with Crippen molar-refractivity contribution in [3.63, 3.8) is 0 Å². The fourth-order valence-corrected chi connectivity index (χ4v) is 5.16. The largest absolute Gasteiger partial charge is 0.389 e. The third-order valence-corrected chi connectivity index (χ3v) is 7.28. The second-order valence-electron chi connectivity index (χ2n) is 9.20. The number of hydrogen-bond donors (Lipinski definition) is 2. The van der Waals surface area contributed by atoms with E-state index in [-0.39, 0.29) is 6.04 Å². The van der Waals surface area contributed by atoms with Crippen molar-refractivity contribution in [2.24, 2.45) is 0 Å². The predicted octanol–water partition coefficient (Wildman–Crippen LogP) is 2.75. The molecular weight excluding hydrogens is 442 g/mol. The zero-order chi connectivity index (χ0) is 22.5. The van der Waals surface area contributed by atoms with Gasteiger partial charge in [0.25, 0.3) is 0 Å². The minimum absolute atomic E-state index is 0.0910. The number of aliphatic hydroxyl groups excluding tert-OH is 1. The van der Waals surface area contributed by atoms with Crippen LogP contribution in [0, 0.1) is 6.92 Å². The molecule has 0 radical (unpaired) electrons. The van der Waals surface area contributed by atoms with E-state index in [1.807, 2.05) is 18.3 Å². The lowest BCUT2D eigenvalue weighted by atomic mass is 10.1. The lowest BCUT2D eigenvalue weighted by Crippen LogP contribution is -2.53. The van der Waals surface area contributed by atoms with Gasteiger partial charge in [-0.05, 0) is 31.9 Å². The number of halogens is 1. The molecule has 9 nitrogen and oxygen atoms in total. The molecule has 174 valence electrons. The Labute approximate surface area is 197 Å². The highest BCUT2D eigenvalue weighted by atomic mass is 35.5. The number of hydrogen-bond acceptors (Lipinski definition) is 8. The number of fused-ring (bicyclic) bond motifs is 1. The molecule has 2 atom stereocenters. The number of aliphatic hydroxyl groups is 1. The first-order valence-electron chi connectivity index (χ1n) is 11.6. The summed E-state index contributed by atoms with van der Waals surface area (Å²) in [5, 5.41) is 19.6. The van der Waals surface area contributed by atoms with E-state index in [9.17, 15) is 5.11 Å².